The third kappa shape index (κ3) is 1.87. The van der Waals surface area contributed by atoms with Crippen molar-refractivity contribution in [2.24, 2.45) is 17.8 Å². The van der Waals surface area contributed by atoms with E-state index in [1.54, 1.807) is 11.6 Å². The normalized spacial score (nSPS) is 20.4. The molecule has 1 aromatic heterocycles. The summed E-state index contributed by atoms with van der Waals surface area (Å²) in [7, 11) is 1.85. The van der Waals surface area contributed by atoms with Crippen LogP contribution in [0.25, 0.3) is 0 Å². The average Bonchev–Trinajstić information content (AvgIpc) is 2.76. The van der Waals surface area contributed by atoms with Crippen molar-refractivity contribution in [1.29, 1.82) is 0 Å². The van der Waals surface area contributed by atoms with E-state index in [1.807, 2.05) is 20.9 Å². The zero-order chi connectivity index (χ0) is 14.3. The van der Waals surface area contributed by atoms with Gasteiger partial charge < -0.3 is 5.73 Å². The molecule has 0 fully saturated rings. The number of terminal acetylenes is 1. The number of urea groups is 1. The Hall–Kier alpha value is -2.29. The van der Waals surface area contributed by atoms with E-state index in [9.17, 15) is 4.79 Å². The van der Waals surface area contributed by atoms with Gasteiger partial charge in [0.1, 0.15) is 11.9 Å². The molecule has 2 rings (SSSR count). The standard InChI is InChI=1S/C13H17N5O/c1-6-7(2)18-11(12(14)15-13(18)19)10-8(3)16-17(5)9(10)4/h1,7,11H,2-5H3,(H2,14,15,19). The van der Waals surface area contributed by atoms with Gasteiger partial charge in [-0.2, -0.15) is 10.1 Å². The number of hydrogen-bond donors (Lipinski definition) is 1. The Morgan fingerprint density at radius 3 is 2.58 bits per heavy atom. The second-order valence-corrected chi connectivity index (χ2v) is 4.68. The first-order valence-corrected chi connectivity index (χ1v) is 6.01. The van der Waals surface area contributed by atoms with Crippen molar-refractivity contribution in [2.75, 3.05) is 0 Å². The summed E-state index contributed by atoms with van der Waals surface area (Å²) in [5.74, 6) is 2.82. The third-order valence-corrected chi connectivity index (χ3v) is 3.50. The second-order valence-electron chi connectivity index (χ2n) is 4.68. The van der Waals surface area contributed by atoms with Gasteiger partial charge in [0.05, 0.1) is 11.7 Å². The molecule has 6 heteroatoms. The largest absolute Gasteiger partial charge is 0.385 e. The van der Waals surface area contributed by atoms with Gasteiger partial charge in [-0.25, -0.2) is 4.79 Å². The van der Waals surface area contributed by atoms with Crippen LogP contribution < -0.4 is 5.73 Å². The van der Waals surface area contributed by atoms with E-state index >= 15 is 0 Å². The molecular weight excluding hydrogens is 242 g/mol. The van der Waals surface area contributed by atoms with Crippen molar-refractivity contribution in [3.63, 3.8) is 0 Å². The van der Waals surface area contributed by atoms with Gasteiger partial charge in [-0.05, 0) is 20.8 Å². The Labute approximate surface area is 112 Å². The minimum atomic E-state index is -0.424. The summed E-state index contributed by atoms with van der Waals surface area (Å²) >= 11 is 0. The fourth-order valence-electron chi connectivity index (χ4n) is 2.42. The molecule has 2 heterocycles. The van der Waals surface area contributed by atoms with Crippen LogP contribution in [0.2, 0.25) is 0 Å². The monoisotopic (exact) mass is 259 g/mol. The van der Waals surface area contributed by atoms with Gasteiger partial charge >= 0.3 is 6.03 Å². The first kappa shape index (κ1) is 13.1. The minimum Gasteiger partial charge on any atom is -0.385 e. The fourth-order valence-corrected chi connectivity index (χ4v) is 2.42. The number of rotatable bonds is 2. The summed E-state index contributed by atoms with van der Waals surface area (Å²) in [5.41, 5.74) is 8.59. The number of aliphatic imine (C=N–C) groups is 1. The van der Waals surface area contributed by atoms with Crippen molar-refractivity contribution in [1.82, 2.24) is 14.7 Å². The molecular formula is C13H17N5O. The van der Waals surface area contributed by atoms with Gasteiger partial charge in [-0.1, -0.05) is 5.92 Å². The summed E-state index contributed by atoms with van der Waals surface area (Å²) < 4.78 is 1.76. The Balaban J connectivity index is 2.56. The van der Waals surface area contributed by atoms with Gasteiger partial charge in [0, 0.05) is 18.3 Å². The fraction of sp³-hybridized carbons (Fsp3) is 0.462. The van der Waals surface area contributed by atoms with E-state index in [1.165, 1.54) is 4.90 Å². The van der Waals surface area contributed by atoms with Crippen LogP contribution in [0.3, 0.4) is 0 Å². The predicted octanol–water partition coefficient (Wildman–Crippen LogP) is 0.893. The molecule has 0 aromatic carbocycles. The van der Waals surface area contributed by atoms with Crippen LogP contribution in [0, 0.1) is 26.2 Å². The number of amidine groups is 1. The topological polar surface area (TPSA) is 76.5 Å². The molecule has 0 bridgehead atoms. The highest BCUT2D eigenvalue weighted by Gasteiger charge is 2.39. The highest BCUT2D eigenvalue weighted by Crippen LogP contribution is 2.32. The first-order chi connectivity index (χ1) is 8.88. The molecule has 1 aromatic rings. The highest BCUT2D eigenvalue weighted by atomic mass is 16.2. The van der Waals surface area contributed by atoms with Crippen LogP contribution >= 0.6 is 0 Å². The lowest BCUT2D eigenvalue weighted by molar-refractivity contribution is 0.198. The molecule has 2 N–H and O–H groups in total. The highest BCUT2D eigenvalue weighted by molar-refractivity contribution is 6.03. The maximum atomic E-state index is 11.9. The van der Waals surface area contributed by atoms with Crippen molar-refractivity contribution >= 4 is 11.9 Å². The Morgan fingerprint density at radius 2 is 2.11 bits per heavy atom. The van der Waals surface area contributed by atoms with E-state index in [0.29, 0.717) is 0 Å². The van der Waals surface area contributed by atoms with Gasteiger partial charge in [-0.3, -0.25) is 9.58 Å². The maximum absolute atomic E-state index is 11.9. The van der Waals surface area contributed by atoms with Gasteiger partial charge in [0.15, 0.2) is 0 Å². The lowest BCUT2D eigenvalue weighted by Gasteiger charge is -2.27. The zero-order valence-electron chi connectivity index (χ0n) is 11.5. The van der Waals surface area contributed by atoms with Crippen molar-refractivity contribution in [2.45, 2.75) is 32.9 Å². The minimum absolute atomic E-state index is 0.270. The summed E-state index contributed by atoms with van der Waals surface area (Å²) in [6.07, 6.45) is 5.42. The Kier molecular flexibility index (Phi) is 3.06. The number of nitrogens with two attached hydrogens (primary N) is 1. The lowest BCUT2D eigenvalue weighted by Crippen LogP contribution is -2.39. The number of aromatic nitrogens is 2. The van der Waals surface area contributed by atoms with E-state index in [-0.39, 0.29) is 11.9 Å². The third-order valence-electron chi connectivity index (χ3n) is 3.50. The van der Waals surface area contributed by atoms with Crippen molar-refractivity contribution < 1.29 is 4.79 Å². The number of amides is 2. The molecule has 6 nitrogen and oxygen atoms in total. The van der Waals surface area contributed by atoms with E-state index < -0.39 is 12.1 Å². The second kappa shape index (κ2) is 4.43. The molecule has 1 aliphatic rings. The van der Waals surface area contributed by atoms with Gasteiger partial charge in [0.25, 0.3) is 0 Å². The molecule has 19 heavy (non-hydrogen) atoms. The van der Waals surface area contributed by atoms with Gasteiger partial charge in [-0.15, -0.1) is 6.42 Å². The van der Waals surface area contributed by atoms with Crippen molar-refractivity contribution in [3.8, 4) is 12.3 Å². The number of nitrogens with zero attached hydrogens (tertiary/aromatic N) is 4. The van der Waals surface area contributed by atoms with Crippen molar-refractivity contribution in [3.05, 3.63) is 17.0 Å². The predicted molar refractivity (Wildman–Crippen MR) is 72.6 cm³/mol. The SMILES string of the molecule is C#CC(C)N1C(=O)N=C(N)C1c1c(C)nn(C)c1C. The average molecular weight is 259 g/mol. The molecule has 2 amide bonds. The molecule has 0 radical (unpaired) electrons. The van der Waals surface area contributed by atoms with E-state index in [0.717, 1.165) is 17.0 Å². The summed E-state index contributed by atoms with van der Waals surface area (Å²) in [6.45, 7) is 5.60. The van der Waals surface area contributed by atoms with Crippen LogP contribution in [0.4, 0.5) is 4.79 Å². The smallest absolute Gasteiger partial charge is 0.347 e. The number of hydrogen-bond acceptors (Lipinski definition) is 3. The molecule has 2 unspecified atom stereocenters. The molecule has 0 saturated heterocycles. The Bertz CT molecular complexity index is 607. The van der Waals surface area contributed by atoms with E-state index in [4.69, 9.17) is 12.2 Å². The molecule has 2 atom stereocenters. The molecule has 1 aliphatic heterocycles. The van der Waals surface area contributed by atoms with Crippen LogP contribution in [0.5, 0.6) is 0 Å². The zero-order valence-corrected chi connectivity index (χ0v) is 11.5. The molecule has 0 aliphatic carbocycles. The van der Waals surface area contributed by atoms with Crippen LogP contribution in [-0.4, -0.2) is 32.6 Å². The molecule has 100 valence electrons. The summed E-state index contributed by atoms with van der Waals surface area (Å²) in [6, 6.07) is -1.19. The van der Waals surface area contributed by atoms with Crippen LogP contribution in [0.1, 0.15) is 29.9 Å². The van der Waals surface area contributed by atoms with Gasteiger partial charge in [0.2, 0.25) is 0 Å². The maximum Gasteiger partial charge on any atom is 0.347 e. The number of aryl methyl sites for hydroxylation is 2. The summed E-state index contributed by atoms with van der Waals surface area (Å²) in [5, 5.41) is 4.35. The number of carbonyl (C=O) groups is 1. The number of carbonyl (C=O) groups excluding carboxylic acids is 1. The molecule has 0 saturated carbocycles. The summed E-state index contributed by atoms with van der Waals surface area (Å²) in [4.78, 5) is 17.3. The van der Waals surface area contributed by atoms with Crippen LogP contribution in [-0.2, 0) is 7.05 Å². The van der Waals surface area contributed by atoms with Crippen LogP contribution in [0.15, 0.2) is 4.99 Å². The first-order valence-electron chi connectivity index (χ1n) is 6.01. The Morgan fingerprint density at radius 1 is 1.47 bits per heavy atom. The lowest BCUT2D eigenvalue weighted by atomic mass is 10.0. The molecule has 0 spiro atoms. The van der Waals surface area contributed by atoms with E-state index in [2.05, 4.69) is 16.0 Å². The quantitative estimate of drug-likeness (QED) is 0.801.